The van der Waals surface area contributed by atoms with Crippen LogP contribution in [0.15, 0.2) is 0 Å². The highest BCUT2D eigenvalue weighted by Gasteiger charge is 2.05. The Labute approximate surface area is 86.3 Å². The molecule has 0 aromatic rings. The van der Waals surface area contributed by atoms with Gasteiger partial charge in [-0.3, -0.25) is 0 Å². The quantitative estimate of drug-likeness (QED) is 0.564. The van der Waals surface area contributed by atoms with E-state index in [1.807, 2.05) is 0 Å². The molecule has 1 heteroatoms. The lowest BCUT2D eigenvalue weighted by molar-refractivity contribution is 0.432. The number of alkyl halides is 1. The van der Waals surface area contributed by atoms with Crippen LogP contribution < -0.4 is 0 Å². The first-order valence-corrected chi connectivity index (χ1v) is 6.42. The molecule has 0 fully saturated rings. The van der Waals surface area contributed by atoms with Gasteiger partial charge in [0.25, 0.3) is 0 Å². The maximum absolute atomic E-state index is 3.56. The summed E-state index contributed by atoms with van der Waals surface area (Å²) in [6.45, 7) is 6.93. The van der Waals surface area contributed by atoms with Crippen LogP contribution in [0.1, 0.15) is 52.9 Å². The first kappa shape index (κ1) is 12.5. The molecule has 0 amide bonds. The lowest BCUT2D eigenvalue weighted by atomic mass is 9.96. The van der Waals surface area contributed by atoms with Gasteiger partial charge >= 0.3 is 0 Å². The van der Waals surface area contributed by atoms with Gasteiger partial charge in [-0.1, -0.05) is 62.4 Å². The third kappa shape index (κ3) is 6.05. The van der Waals surface area contributed by atoms with Crippen molar-refractivity contribution in [3.05, 3.63) is 0 Å². The predicted octanol–water partition coefficient (Wildman–Crippen LogP) is 4.62. The minimum atomic E-state index is 0.911. The summed E-state index contributed by atoms with van der Waals surface area (Å²) in [5.41, 5.74) is 0. The van der Waals surface area contributed by atoms with Gasteiger partial charge in [-0.15, -0.1) is 0 Å². The van der Waals surface area contributed by atoms with Crippen molar-refractivity contribution in [2.45, 2.75) is 52.9 Å². The zero-order chi connectivity index (χ0) is 9.40. The SMILES string of the molecule is CCC(C)CCCC(CC)CBr. The molecule has 0 bridgehead atoms. The molecule has 74 valence electrons. The normalized spacial score (nSPS) is 16.0. The van der Waals surface area contributed by atoms with Crippen molar-refractivity contribution in [1.82, 2.24) is 0 Å². The minimum Gasteiger partial charge on any atom is -0.0925 e. The zero-order valence-electron chi connectivity index (χ0n) is 8.78. The van der Waals surface area contributed by atoms with E-state index >= 15 is 0 Å². The van der Waals surface area contributed by atoms with E-state index in [1.165, 1.54) is 37.4 Å². The Morgan fingerprint density at radius 1 is 1.08 bits per heavy atom. The fourth-order valence-corrected chi connectivity index (χ4v) is 2.13. The zero-order valence-corrected chi connectivity index (χ0v) is 10.4. The van der Waals surface area contributed by atoms with E-state index in [-0.39, 0.29) is 0 Å². The van der Waals surface area contributed by atoms with Crippen molar-refractivity contribution in [2.75, 3.05) is 5.33 Å². The van der Waals surface area contributed by atoms with Gasteiger partial charge in [0.05, 0.1) is 0 Å². The molecule has 0 aliphatic rings. The molecule has 0 radical (unpaired) electrons. The van der Waals surface area contributed by atoms with Gasteiger partial charge in [0.2, 0.25) is 0 Å². The van der Waals surface area contributed by atoms with Gasteiger partial charge in [-0.05, 0) is 18.3 Å². The monoisotopic (exact) mass is 234 g/mol. The van der Waals surface area contributed by atoms with Gasteiger partial charge < -0.3 is 0 Å². The Bertz CT molecular complexity index is 87.0. The van der Waals surface area contributed by atoms with Crippen LogP contribution in [0, 0.1) is 11.8 Å². The first-order valence-electron chi connectivity index (χ1n) is 5.30. The topological polar surface area (TPSA) is 0 Å². The Morgan fingerprint density at radius 3 is 2.17 bits per heavy atom. The molecule has 0 heterocycles. The molecule has 0 spiro atoms. The van der Waals surface area contributed by atoms with Crippen LogP contribution in [0.4, 0.5) is 0 Å². The van der Waals surface area contributed by atoms with Gasteiger partial charge in [0.1, 0.15) is 0 Å². The maximum Gasteiger partial charge on any atom is 0.00595 e. The van der Waals surface area contributed by atoms with Crippen LogP contribution >= 0.6 is 15.9 Å². The third-order valence-electron chi connectivity index (χ3n) is 2.80. The smallest absolute Gasteiger partial charge is 0.00595 e. The van der Waals surface area contributed by atoms with E-state index in [1.54, 1.807) is 0 Å². The second-order valence-electron chi connectivity index (χ2n) is 3.87. The largest absolute Gasteiger partial charge is 0.0925 e. The molecule has 0 saturated carbocycles. The first-order chi connectivity index (χ1) is 5.74. The van der Waals surface area contributed by atoms with Gasteiger partial charge in [-0.25, -0.2) is 0 Å². The average molecular weight is 235 g/mol. The van der Waals surface area contributed by atoms with Gasteiger partial charge in [0, 0.05) is 5.33 Å². The summed E-state index contributed by atoms with van der Waals surface area (Å²) in [6.07, 6.45) is 6.90. The summed E-state index contributed by atoms with van der Waals surface area (Å²) in [6, 6.07) is 0. The van der Waals surface area contributed by atoms with E-state index in [9.17, 15) is 0 Å². The molecular formula is C11H23Br. The maximum atomic E-state index is 3.56. The van der Waals surface area contributed by atoms with E-state index in [0.717, 1.165) is 11.8 Å². The van der Waals surface area contributed by atoms with Crippen LogP contribution in [0.2, 0.25) is 0 Å². The Hall–Kier alpha value is 0.480. The van der Waals surface area contributed by atoms with Gasteiger partial charge in [-0.2, -0.15) is 0 Å². The Morgan fingerprint density at radius 2 is 1.75 bits per heavy atom. The second-order valence-corrected chi connectivity index (χ2v) is 4.52. The molecule has 0 saturated heterocycles. The lowest BCUT2D eigenvalue weighted by Crippen LogP contribution is -2.01. The minimum absolute atomic E-state index is 0.911. The predicted molar refractivity (Wildman–Crippen MR) is 60.9 cm³/mol. The molecule has 2 atom stereocenters. The molecule has 0 rings (SSSR count). The third-order valence-corrected chi connectivity index (χ3v) is 3.72. The molecule has 2 unspecified atom stereocenters. The van der Waals surface area contributed by atoms with Crippen LogP contribution in [-0.4, -0.2) is 5.33 Å². The Kier molecular flexibility index (Phi) is 8.42. The number of hydrogen-bond acceptors (Lipinski definition) is 0. The molecule has 0 aliphatic heterocycles. The van der Waals surface area contributed by atoms with Crippen LogP contribution in [0.25, 0.3) is 0 Å². The van der Waals surface area contributed by atoms with Crippen LogP contribution in [-0.2, 0) is 0 Å². The standard InChI is InChI=1S/C11H23Br/c1-4-10(3)7-6-8-11(5-2)9-12/h10-11H,4-9H2,1-3H3. The van der Waals surface area contributed by atoms with Crippen molar-refractivity contribution in [1.29, 1.82) is 0 Å². The fraction of sp³-hybridized carbons (Fsp3) is 1.00. The van der Waals surface area contributed by atoms with Crippen molar-refractivity contribution in [2.24, 2.45) is 11.8 Å². The molecule has 0 aromatic heterocycles. The second kappa shape index (κ2) is 8.10. The van der Waals surface area contributed by atoms with E-state index in [0.29, 0.717) is 0 Å². The summed E-state index contributed by atoms with van der Waals surface area (Å²) < 4.78 is 0. The molecular weight excluding hydrogens is 212 g/mol. The summed E-state index contributed by atoms with van der Waals surface area (Å²) in [7, 11) is 0. The highest BCUT2D eigenvalue weighted by molar-refractivity contribution is 9.09. The molecule has 0 N–H and O–H groups in total. The molecule has 0 aliphatic carbocycles. The number of rotatable bonds is 7. The highest BCUT2D eigenvalue weighted by Crippen LogP contribution is 2.18. The van der Waals surface area contributed by atoms with Crippen molar-refractivity contribution in [3.8, 4) is 0 Å². The average Bonchev–Trinajstić information content (AvgIpc) is 2.12. The fourth-order valence-electron chi connectivity index (χ4n) is 1.35. The summed E-state index contributed by atoms with van der Waals surface area (Å²) >= 11 is 3.56. The van der Waals surface area contributed by atoms with Crippen LogP contribution in [0.5, 0.6) is 0 Å². The van der Waals surface area contributed by atoms with Crippen molar-refractivity contribution in [3.63, 3.8) is 0 Å². The van der Waals surface area contributed by atoms with E-state index in [4.69, 9.17) is 0 Å². The lowest BCUT2D eigenvalue weighted by Gasteiger charge is -2.12. The molecule has 0 nitrogen and oxygen atoms in total. The molecule has 12 heavy (non-hydrogen) atoms. The number of hydrogen-bond donors (Lipinski definition) is 0. The number of halogens is 1. The highest BCUT2D eigenvalue weighted by atomic mass is 79.9. The van der Waals surface area contributed by atoms with Crippen molar-refractivity contribution < 1.29 is 0 Å². The van der Waals surface area contributed by atoms with Gasteiger partial charge in [0.15, 0.2) is 0 Å². The Balaban J connectivity index is 3.28. The van der Waals surface area contributed by atoms with Crippen molar-refractivity contribution >= 4 is 15.9 Å². The van der Waals surface area contributed by atoms with E-state index in [2.05, 4.69) is 36.7 Å². The molecule has 0 aromatic carbocycles. The summed E-state index contributed by atoms with van der Waals surface area (Å²) in [5.74, 6) is 1.84. The van der Waals surface area contributed by atoms with Crippen LogP contribution in [0.3, 0.4) is 0 Å². The summed E-state index contributed by atoms with van der Waals surface area (Å²) in [4.78, 5) is 0. The van der Waals surface area contributed by atoms with E-state index < -0.39 is 0 Å². The summed E-state index contributed by atoms with van der Waals surface area (Å²) in [5, 5.41) is 1.18.